The minimum absolute atomic E-state index is 0.0253. The van der Waals surface area contributed by atoms with E-state index in [0.29, 0.717) is 24.9 Å². The van der Waals surface area contributed by atoms with Crippen LogP contribution in [0.25, 0.3) is 10.9 Å². The lowest BCUT2D eigenvalue weighted by Crippen LogP contribution is -2.29. The van der Waals surface area contributed by atoms with E-state index < -0.39 is 0 Å². The van der Waals surface area contributed by atoms with Gasteiger partial charge in [-0.15, -0.1) is 0 Å². The van der Waals surface area contributed by atoms with E-state index in [0.717, 1.165) is 21.4 Å². The number of hydrogen-bond donors (Lipinski definition) is 1. The molecular formula is C17H23N2O3-. The van der Waals surface area contributed by atoms with Crippen LogP contribution in [0.5, 0.6) is 5.75 Å². The molecule has 0 aliphatic rings. The average molecular weight is 303 g/mol. The highest BCUT2D eigenvalue weighted by molar-refractivity contribution is 5.86. The molecule has 5 heteroatoms. The Morgan fingerprint density at radius 3 is 2.73 bits per heavy atom. The summed E-state index contributed by atoms with van der Waals surface area (Å²) in [5, 5.41) is 15.7. The first-order valence-electron chi connectivity index (χ1n) is 7.42. The zero-order valence-electron chi connectivity index (χ0n) is 13.6. The lowest BCUT2D eigenvalue weighted by atomic mass is 9.92. The maximum atomic E-state index is 11.9. The average Bonchev–Trinajstić information content (AvgIpc) is 2.73. The Labute approximate surface area is 130 Å². The minimum Gasteiger partial charge on any atom is -0.806 e. The van der Waals surface area contributed by atoms with Gasteiger partial charge >= 0.3 is 0 Å². The van der Waals surface area contributed by atoms with Crippen molar-refractivity contribution in [3.05, 3.63) is 35.2 Å². The van der Waals surface area contributed by atoms with Crippen molar-refractivity contribution >= 4 is 16.8 Å². The van der Waals surface area contributed by atoms with E-state index in [1.54, 1.807) is 25.4 Å². The molecule has 1 aromatic carbocycles. The zero-order chi connectivity index (χ0) is 16.3. The van der Waals surface area contributed by atoms with Gasteiger partial charge in [0.2, 0.25) is 5.91 Å². The summed E-state index contributed by atoms with van der Waals surface area (Å²) < 4.78 is 6.07. The molecule has 1 N–H and O–H groups in total. The van der Waals surface area contributed by atoms with E-state index in [4.69, 9.17) is 4.74 Å². The number of rotatable bonds is 5. The van der Waals surface area contributed by atoms with E-state index in [1.807, 2.05) is 26.8 Å². The number of carbonyl (C=O) groups excluding carboxylic acids is 1. The summed E-state index contributed by atoms with van der Waals surface area (Å²) in [6.45, 7) is 6.61. The zero-order valence-corrected chi connectivity index (χ0v) is 13.6. The number of benzene rings is 1. The molecule has 0 unspecified atom stereocenters. The summed E-state index contributed by atoms with van der Waals surface area (Å²) in [5.41, 5.74) is 1.51. The number of amides is 1. The molecule has 120 valence electrons. The highest BCUT2D eigenvalue weighted by Gasteiger charge is 2.15. The number of methoxy groups -OCH3 is 1. The Morgan fingerprint density at radius 2 is 2.09 bits per heavy atom. The molecule has 1 heterocycles. The largest absolute Gasteiger partial charge is 0.806 e. The molecule has 5 nitrogen and oxygen atoms in total. The number of fused-ring (bicyclic) bond motifs is 1. The van der Waals surface area contributed by atoms with Crippen molar-refractivity contribution in [1.82, 2.24) is 10.0 Å². The van der Waals surface area contributed by atoms with Crippen LogP contribution in [0.2, 0.25) is 0 Å². The van der Waals surface area contributed by atoms with E-state index >= 15 is 0 Å². The van der Waals surface area contributed by atoms with Crippen molar-refractivity contribution in [2.24, 2.45) is 5.41 Å². The van der Waals surface area contributed by atoms with Crippen molar-refractivity contribution in [2.75, 3.05) is 13.7 Å². The number of nitrogens with zero attached hydrogens (tertiary/aromatic N) is 1. The summed E-state index contributed by atoms with van der Waals surface area (Å²) in [5.74, 6) is 0.757. The third kappa shape index (κ3) is 3.93. The first-order valence-corrected chi connectivity index (χ1v) is 7.42. The number of ether oxygens (including phenoxy) is 1. The SMILES string of the molecule is COc1ccc2c(c1)c(CCNC(=O)CC(C)(C)C)cn2[O-]. The van der Waals surface area contributed by atoms with Gasteiger partial charge in [0.25, 0.3) is 0 Å². The lowest BCUT2D eigenvalue weighted by molar-refractivity contribution is -0.122. The molecule has 0 saturated carbocycles. The van der Waals surface area contributed by atoms with Crippen molar-refractivity contribution in [1.29, 1.82) is 0 Å². The Hall–Kier alpha value is -2.17. The normalized spacial score (nSPS) is 11.6. The molecule has 0 aliphatic carbocycles. The van der Waals surface area contributed by atoms with Crippen LogP contribution >= 0.6 is 0 Å². The van der Waals surface area contributed by atoms with Gasteiger partial charge in [-0.05, 0) is 35.6 Å². The van der Waals surface area contributed by atoms with E-state index in [9.17, 15) is 10.0 Å². The Bertz CT molecular complexity index is 668. The molecule has 0 saturated heterocycles. The first kappa shape index (κ1) is 16.2. The predicted octanol–water partition coefficient (Wildman–Crippen LogP) is 3.09. The number of carbonyl (C=O) groups is 1. The van der Waals surface area contributed by atoms with Crippen LogP contribution in [0.4, 0.5) is 0 Å². The van der Waals surface area contributed by atoms with Gasteiger partial charge in [-0.3, -0.25) is 4.79 Å². The summed E-state index contributed by atoms with van der Waals surface area (Å²) in [6, 6.07) is 5.38. The Morgan fingerprint density at radius 1 is 1.36 bits per heavy atom. The van der Waals surface area contributed by atoms with E-state index in [-0.39, 0.29) is 11.3 Å². The summed E-state index contributed by atoms with van der Waals surface area (Å²) in [6.07, 6.45) is 2.68. The fourth-order valence-corrected chi connectivity index (χ4v) is 2.45. The number of aromatic nitrogens is 1. The van der Waals surface area contributed by atoms with Gasteiger partial charge in [0.15, 0.2) is 0 Å². The molecule has 0 fully saturated rings. The first-order chi connectivity index (χ1) is 10.3. The van der Waals surface area contributed by atoms with Crippen molar-refractivity contribution in [3.63, 3.8) is 0 Å². The van der Waals surface area contributed by atoms with E-state index in [1.165, 1.54) is 0 Å². The van der Waals surface area contributed by atoms with Gasteiger partial charge < -0.3 is 20.0 Å². The summed E-state index contributed by atoms with van der Waals surface area (Å²) >= 11 is 0. The van der Waals surface area contributed by atoms with Gasteiger partial charge in [-0.2, -0.15) is 0 Å². The highest BCUT2D eigenvalue weighted by atomic mass is 16.5. The maximum absolute atomic E-state index is 11.9. The topological polar surface area (TPSA) is 66.3 Å². The maximum Gasteiger partial charge on any atom is 0.220 e. The molecule has 2 aromatic rings. The summed E-state index contributed by atoms with van der Waals surface area (Å²) in [4.78, 5) is 11.8. The number of hydrogen-bond acceptors (Lipinski definition) is 3. The predicted molar refractivity (Wildman–Crippen MR) is 88.0 cm³/mol. The third-order valence-electron chi connectivity index (χ3n) is 3.47. The van der Waals surface area contributed by atoms with E-state index in [2.05, 4.69) is 5.32 Å². The van der Waals surface area contributed by atoms with Crippen molar-refractivity contribution < 1.29 is 9.53 Å². The molecule has 0 bridgehead atoms. The molecule has 1 aromatic heterocycles. The van der Waals surface area contributed by atoms with Crippen LogP contribution in [0.1, 0.15) is 32.8 Å². The van der Waals surface area contributed by atoms with Gasteiger partial charge in [-0.1, -0.05) is 20.8 Å². The standard InChI is InChI=1S/C17H23N2O3/c1-17(2,3)10-16(20)18-8-7-12-11-19(21)15-6-5-13(22-4)9-14(12)15/h5-6,9,11H,7-8,10H2,1-4H3,(H,18,20)/q-1. The van der Waals surface area contributed by atoms with Crippen LogP contribution in [0.15, 0.2) is 24.4 Å². The van der Waals surface area contributed by atoms with Crippen molar-refractivity contribution in [3.8, 4) is 5.75 Å². The highest BCUT2D eigenvalue weighted by Crippen LogP contribution is 2.26. The van der Waals surface area contributed by atoms with Gasteiger partial charge in [-0.25, -0.2) is 0 Å². The number of nitrogens with one attached hydrogen (secondary N) is 1. The second-order valence-corrected chi connectivity index (χ2v) is 6.70. The molecule has 22 heavy (non-hydrogen) atoms. The quantitative estimate of drug-likeness (QED) is 0.923. The molecule has 0 aliphatic heterocycles. The van der Waals surface area contributed by atoms with Crippen LogP contribution in [-0.4, -0.2) is 24.3 Å². The molecule has 0 spiro atoms. The van der Waals surface area contributed by atoms with Crippen LogP contribution in [0.3, 0.4) is 0 Å². The van der Waals surface area contributed by atoms with Gasteiger partial charge in [0, 0.05) is 30.1 Å². The molecule has 0 radical (unpaired) electrons. The second-order valence-electron chi connectivity index (χ2n) is 6.70. The third-order valence-corrected chi connectivity index (χ3v) is 3.47. The van der Waals surface area contributed by atoms with Crippen molar-refractivity contribution in [2.45, 2.75) is 33.6 Å². The molecule has 0 atom stereocenters. The second kappa shape index (κ2) is 6.30. The smallest absolute Gasteiger partial charge is 0.220 e. The van der Waals surface area contributed by atoms with Crippen LogP contribution in [-0.2, 0) is 11.2 Å². The van der Waals surface area contributed by atoms with Gasteiger partial charge in [0.1, 0.15) is 5.75 Å². The molecular weight excluding hydrogens is 280 g/mol. The monoisotopic (exact) mass is 303 g/mol. The lowest BCUT2D eigenvalue weighted by Gasteiger charge is -2.17. The summed E-state index contributed by atoms with van der Waals surface area (Å²) in [7, 11) is 1.60. The van der Waals surface area contributed by atoms with Crippen LogP contribution < -0.4 is 10.1 Å². The Kier molecular flexibility index (Phi) is 4.64. The minimum atomic E-state index is -0.0253. The fourth-order valence-electron chi connectivity index (χ4n) is 2.45. The fraction of sp³-hybridized carbons (Fsp3) is 0.471. The van der Waals surface area contributed by atoms with Crippen LogP contribution in [0, 0.1) is 10.6 Å². The molecule has 2 rings (SSSR count). The van der Waals surface area contributed by atoms with Gasteiger partial charge in [0.05, 0.1) is 7.11 Å². The Balaban J connectivity index is 2.04. The molecule has 1 amide bonds.